The molecule has 2 unspecified atom stereocenters. The second kappa shape index (κ2) is 20.4. The van der Waals surface area contributed by atoms with Crippen molar-refractivity contribution < 1.29 is 14.4 Å². The van der Waals surface area contributed by atoms with Gasteiger partial charge in [0.25, 0.3) is 0 Å². The molecule has 8 heteroatoms. The molecule has 0 aliphatic heterocycles. The number of ether oxygens (including phenoxy) is 2. The van der Waals surface area contributed by atoms with Crippen LogP contribution in [-0.4, -0.2) is 32.2 Å². The van der Waals surface area contributed by atoms with Gasteiger partial charge in [0.1, 0.15) is 5.75 Å². The summed E-state index contributed by atoms with van der Waals surface area (Å²) in [5, 5.41) is 30.5. The molecular weight excluding hydrogens is 540 g/mol. The van der Waals surface area contributed by atoms with E-state index in [1.165, 1.54) is 58.5 Å². The number of nitriles is 1. The smallest absolute Gasteiger partial charge is 0.311 e. The number of nitrogens with zero attached hydrogens (tertiary/aromatic N) is 4. The number of aryl methyl sites for hydroxylation is 1. The zero-order chi connectivity index (χ0) is 31.3. The Hall–Kier alpha value is -3.47. The molecule has 2 atom stereocenters. The van der Waals surface area contributed by atoms with Gasteiger partial charge in [-0.05, 0) is 67.9 Å². The van der Waals surface area contributed by atoms with Crippen LogP contribution in [0.2, 0.25) is 0 Å². The van der Waals surface area contributed by atoms with Gasteiger partial charge < -0.3 is 9.47 Å². The van der Waals surface area contributed by atoms with Crippen molar-refractivity contribution in [2.45, 2.75) is 121 Å². The fourth-order valence-electron chi connectivity index (χ4n) is 5.85. The summed E-state index contributed by atoms with van der Waals surface area (Å²) in [6.45, 7) is 2.25. The molecule has 43 heavy (non-hydrogen) atoms. The van der Waals surface area contributed by atoms with E-state index >= 15 is 0 Å². The minimum atomic E-state index is -0.584. The number of nitro benzene ring substituents is 1. The van der Waals surface area contributed by atoms with Crippen molar-refractivity contribution in [3.05, 3.63) is 63.7 Å². The second-order valence-electron chi connectivity index (χ2n) is 11.5. The topological polar surface area (TPSA) is 110 Å². The third-order valence-electron chi connectivity index (χ3n) is 8.42. The summed E-state index contributed by atoms with van der Waals surface area (Å²) in [4.78, 5) is 11.0. The molecule has 0 aliphatic carbocycles. The number of methoxy groups -OCH3 is 2. The van der Waals surface area contributed by atoms with Crippen LogP contribution in [0.5, 0.6) is 11.5 Å². The third-order valence-corrected chi connectivity index (χ3v) is 8.42. The Morgan fingerprint density at radius 2 is 1.58 bits per heavy atom. The Balaban J connectivity index is 2.01. The van der Waals surface area contributed by atoms with E-state index in [-0.39, 0.29) is 17.5 Å². The summed E-state index contributed by atoms with van der Waals surface area (Å²) >= 11 is 0. The first-order valence-corrected chi connectivity index (χ1v) is 16.1. The Labute approximate surface area is 259 Å². The Bertz CT molecular complexity index is 1160. The lowest BCUT2D eigenvalue weighted by Crippen LogP contribution is -2.25. The number of rotatable bonds is 23. The molecule has 0 saturated carbocycles. The maximum absolute atomic E-state index is 11.4. The monoisotopic (exact) mass is 592 g/mol. The predicted molar refractivity (Wildman–Crippen MR) is 173 cm³/mol. The van der Waals surface area contributed by atoms with Gasteiger partial charge in [0.15, 0.2) is 5.75 Å². The SMILES string of the molecule is CCCCCCCCCCCCC(C#N)(CCCC(CCc1ccc(OC)c([N+](=O)[O-])c1)/N=N/C)c1cccc(OC)c1. The number of hydrogen-bond donors (Lipinski definition) is 0. The van der Waals surface area contributed by atoms with Gasteiger partial charge in [0.2, 0.25) is 0 Å². The molecule has 0 amide bonds. The Kier molecular flexibility index (Phi) is 17.0. The van der Waals surface area contributed by atoms with Gasteiger partial charge in [0.05, 0.1) is 36.7 Å². The second-order valence-corrected chi connectivity index (χ2v) is 11.5. The molecule has 2 aromatic rings. The molecule has 0 fully saturated rings. The molecule has 0 spiro atoms. The van der Waals surface area contributed by atoms with Crippen LogP contribution in [0.15, 0.2) is 52.7 Å². The standard InChI is InChI=1S/C35H52N4O4/c1-5-6-7-8-9-10-11-12-13-14-24-35(28-36,30-17-15-19-32(27-30)42-3)25-16-18-31(38-37-2)22-20-29-21-23-34(43-4)33(26-29)39(40)41/h15,17,19,21,23,26-27,31H,5-14,16,18,20,22,24-25H2,1-4H3/b38-37+. The van der Waals surface area contributed by atoms with Gasteiger partial charge in [-0.2, -0.15) is 15.5 Å². The lowest BCUT2D eigenvalue weighted by Gasteiger charge is -2.28. The van der Waals surface area contributed by atoms with E-state index in [0.29, 0.717) is 6.42 Å². The number of unbranched alkanes of at least 4 members (excludes halogenated alkanes) is 9. The molecular formula is C35H52N4O4. The van der Waals surface area contributed by atoms with Crippen molar-refractivity contribution in [3.63, 3.8) is 0 Å². The van der Waals surface area contributed by atoms with Crippen molar-refractivity contribution >= 4 is 5.69 Å². The molecule has 2 aromatic carbocycles. The van der Waals surface area contributed by atoms with Crippen molar-refractivity contribution in [2.24, 2.45) is 10.2 Å². The first kappa shape index (κ1) is 35.7. The van der Waals surface area contributed by atoms with Crippen LogP contribution >= 0.6 is 0 Å². The molecule has 0 N–H and O–H groups in total. The summed E-state index contributed by atoms with van der Waals surface area (Å²) in [6.07, 6.45) is 17.2. The molecule has 0 bridgehead atoms. The van der Waals surface area contributed by atoms with Crippen molar-refractivity contribution in [1.82, 2.24) is 0 Å². The van der Waals surface area contributed by atoms with Crippen molar-refractivity contribution in [1.29, 1.82) is 5.26 Å². The highest BCUT2D eigenvalue weighted by molar-refractivity contribution is 5.48. The van der Waals surface area contributed by atoms with Crippen molar-refractivity contribution in [2.75, 3.05) is 21.3 Å². The van der Waals surface area contributed by atoms with Gasteiger partial charge in [0, 0.05) is 13.1 Å². The van der Waals surface area contributed by atoms with E-state index in [2.05, 4.69) is 29.3 Å². The van der Waals surface area contributed by atoms with Crippen LogP contribution in [0.4, 0.5) is 5.69 Å². The molecule has 0 aliphatic rings. The van der Waals surface area contributed by atoms with Gasteiger partial charge in [-0.3, -0.25) is 10.1 Å². The molecule has 0 radical (unpaired) electrons. The van der Waals surface area contributed by atoms with Gasteiger partial charge in [-0.25, -0.2) is 0 Å². The summed E-state index contributed by atoms with van der Waals surface area (Å²) < 4.78 is 10.6. The lowest BCUT2D eigenvalue weighted by atomic mass is 9.73. The van der Waals surface area contributed by atoms with Crippen LogP contribution in [0, 0.1) is 21.4 Å². The lowest BCUT2D eigenvalue weighted by molar-refractivity contribution is -0.385. The fourth-order valence-corrected chi connectivity index (χ4v) is 5.85. The summed E-state index contributed by atoms with van der Waals surface area (Å²) in [6, 6.07) is 15.8. The van der Waals surface area contributed by atoms with Gasteiger partial charge >= 0.3 is 5.69 Å². The van der Waals surface area contributed by atoms with Crippen LogP contribution in [0.3, 0.4) is 0 Å². The van der Waals surface area contributed by atoms with Crippen LogP contribution in [0.25, 0.3) is 0 Å². The van der Waals surface area contributed by atoms with E-state index < -0.39 is 10.3 Å². The minimum absolute atomic E-state index is 0.0230. The van der Waals surface area contributed by atoms with E-state index in [4.69, 9.17) is 9.47 Å². The number of nitro groups is 1. The molecule has 2 rings (SSSR count). The van der Waals surface area contributed by atoms with Crippen LogP contribution in [-0.2, 0) is 11.8 Å². The van der Waals surface area contributed by atoms with E-state index in [1.54, 1.807) is 26.3 Å². The third kappa shape index (κ3) is 12.3. The first-order valence-electron chi connectivity index (χ1n) is 16.1. The minimum Gasteiger partial charge on any atom is -0.497 e. The largest absolute Gasteiger partial charge is 0.497 e. The average Bonchev–Trinajstić information content (AvgIpc) is 3.03. The highest BCUT2D eigenvalue weighted by Gasteiger charge is 2.32. The first-order chi connectivity index (χ1) is 20.9. The zero-order valence-corrected chi connectivity index (χ0v) is 26.9. The van der Waals surface area contributed by atoms with Crippen molar-refractivity contribution in [3.8, 4) is 17.6 Å². The van der Waals surface area contributed by atoms with Gasteiger partial charge in [-0.1, -0.05) is 89.3 Å². The van der Waals surface area contributed by atoms with E-state index in [1.807, 2.05) is 24.3 Å². The maximum atomic E-state index is 11.4. The zero-order valence-electron chi connectivity index (χ0n) is 26.9. The summed E-state index contributed by atoms with van der Waals surface area (Å²) in [5.41, 5.74) is 1.27. The molecule has 0 saturated heterocycles. The number of benzene rings is 2. The van der Waals surface area contributed by atoms with Crippen LogP contribution in [0.1, 0.15) is 114 Å². The Morgan fingerprint density at radius 1 is 0.907 bits per heavy atom. The summed E-state index contributed by atoms with van der Waals surface area (Å²) in [7, 11) is 4.77. The van der Waals surface area contributed by atoms with E-state index in [0.717, 1.165) is 61.8 Å². The van der Waals surface area contributed by atoms with Gasteiger partial charge in [-0.15, -0.1) is 0 Å². The predicted octanol–water partition coefficient (Wildman–Crippen LogP) is 9.94. The molecule has 0 heterocycles. The molecule has 8 nitrogen and oxygen atoms in total. The number of azo groups is 1. The van der Waals surface area contributed by atoms with Crippen LogP contribution < -0.4 is 9.47 Å². The highest BCUT2D eigenvalue weighted by Crippen LogP contribution is 2.37. The number of hydrogen-bond acceptors (Lipinski definition) is 7. The summed E-state index contributed by atoms with van der Waals surface area (Å²) in [5.74, 6) is 1.03. The van der Waals surface area contributed by atoms with E-state index in [9.17, 15) is 15.4 Å². The normalized spacial score (nSPS) is 13.4. The maximum Gasteiger partial charge on any atom is 0.311 e. The Morgan fingerprint density at radius 3 is 2.19 bits per heavy atom. The quantitative estimate of drug-likeness (QED) is 0.0552. The molecule has 236 valence electrons. The fraction of sp³-hybridized carbons (Fsp3) is 0.629. The average molecular weight is 593 g/mol. The molecule has 0 aromatic heterocycles. The highest BCUT2D eigenvalue weighted by atomic mass is 16.6.